The van der Waals surface area contributed by atoms with Crippen LogP contribution in [0.5, 0.6) is 11.8 Å². The molecule has 0 aliphatic heterocycles. The molecule has 2 aromatic rings. The molecule has 0 aromatic carbocycles. The van der Waals surface area contributed by atoms with Crippen molar-refractivity contribution in [3.8, 4) is 11.8 Å². The van der Waals surface area contributed by atoms with Crippen LogP contribution in [-0.4, -0.2) is 29.5 Å². The first kappa shape index (κ1) is 21.7. The van der Waals surface area contributed by atoms with E-state index in [9.17, 15) is 9.18 Å². The van der Waals surface area contributed by atoms with E-state index in [0.29, 0.717) is 42.2 Å². The van der Waals surface area contributed by atoms with Crippen LogP contribution in [0.1, 0.15) is 74.8 Å². The summed E-state index contributed by atoms with van der Waals surface area (Å²) < 4.78 is 25.4. The lowest BCUT2D eigenvalue weighted by atomic mass is 9.79. The average Bonchev–Trinajstić information content (AvgIpc) is 3.62. The van der Waals surface area contributed by atoms with Crippen LogP contribution >= 0.6 is 0 Å². The van der Waals surface area contributed by atoms with E-state index in [0.717, 1.165) is 31.2 Å². The third-order valence-corrected chi connectivity index (χ3v) is 6.71. The maximum Gasteiger partial charge on any atom is 0.213 e. The van der Waals surface area contributed by atoms with Gasteiger partial charge in [-0.15, -0.1) is 0 Å². The molecule has 0 saturated heterocycles. The van der Waals surface area contributed by atoms with E-state index in [1.165, 1.54) is 19.0 Å². The van der Waals surface area contributed by atoms with Gasteiger partial charge in [0, 0.05) is 24.8 Å². The highest BCUT2D eigenvalue weighted by molar-refractivity contribution is 5.76. The predicted octanol–water partition coefficient (Wildman–Crippen LogP) is 5.45. The van der Waals surface area contributed by atoms with Crippen LogP contribution in [0.4, 0.5) is 4.39 Å². The Morgan fingerprint density at radius 1 is 1.13 bits per heavy atom. The normalized spacial score (nSPS) is 22.0. The summed E-state index contributed by atoms with van der Waals surface area (Å²) in [5.74, 6) is 2.60. The number of ether oxygens (including phenoxy) is 2. The molecule has 0 unspecified atom stereocenters. The lowest BCUT2D eigenvalue weighted by Gasteiger charge is -2.29. The van der Waals surface area contributed by atoms with Crippen LogP contribution in [0.25, 0.3) is 0 Å². The second-order valence-electron chi connectivity index (χ2n) is 9.05. The van der Waals surface area contributed by atoms with Gasteiger partial charge in [-0.3, -0.25) is 0 Å². The van der Waals surface area contributed by atoms with E-state index in [1.54, 1.807) is 26.3 Å². The van der Waals surface area contributed by atoms with E-state index in [1.807, 2.05) is 12.1 Å². The molecule has 5 nitrogen and oxygen atoms in total. The molecular formula is C25H31FN2O3. The molecule has 31 heavy (non-hydrogen) atoms. The SMILES string of the molecule is COc1cc(C2CCC(COc3cc([C@@H](CC(C)=O)C4CC4)ccn3)CC2)c(F)cn1. The van der Waals surface area contributed by atoms with Crippen molar-refractivity contribution >= 4 is 5.78 Å². The fourth-order valence-corrected chi connectivity index (χ4v) is 4.80. The topological polar surface area (TPSA) is 61.3 Å². The van der Waals surface area contributed by atoms with Crippen LogP contribution in [0.2, 0.25) is 0 Å². The summed E-state index contributed by atoms with van der Waals surface area (Å²) >= 11 is 0. The number of nitrogens with zero attached hydrogens (tertiary/aromatic N) is 2. The van der Waals surface area contributed by atoms with E-state index < -0.39 is 0 Å². The van der Waals surface area contributed by atoms with Crippen LogP contribution in [0.3, 0.4) is 0 Å². The van der Waals surface area contributed by atoms with Crippen molar-refractivity contribution < 1.29 is 18.7 Å². The van der Waals surface area contributed by atoms with Crippen molar-refractivity contribution in [3.05, 3.63) is 47.5 Å². The minimum absolute atomic E-state index is 0.195. The molecule has 2 fully saturated rings. The summed E-state index contributed by atoms with van der Waals surface area (Å²) in [6.45, 7) is 2.28. The standard InChI is InChI=1S/C25H31FN2O3/c1-16(29)11-21(18-7-8-18)20-9-10-27-25(12-20)31-15-17-3-5-19(6-4-17)22-13-24(30-2)28-14-23(22)26/h9-10,12-14,17-19,21H,3-8,11,15H2,1-2H3/t17?,19?,21-/m0/s1. The van der Waals surface area contributed by atoms with Crippen LogP contribution in [0, 0.1) is 17.7 Å². The van der Waals surface area contributed by atoms with Gasteiger partial charge < -0.3 is 14.3 Å². The number of aromatic nitrogens is 2. The summed E-state index contributed by atoms with van der Waals surface area (Å²) in [7, 11) is 1.55. The number of ketones is 1. The fourth-order valence-electron chi connectivity index (χ4n) is 4.80. The summed E-state index contributed by atoms with van der Waals surface area (Å²) in [5.41, 5.74) is 1.87. The summed E-state index contributed by atoms with van der Waals surface area (Å²) in [6.07, 6.45) is 9.86. The molecule has 0 spiro atoms. The average molecular weight is 427 g/mol. The summed E-state index contributed by atoms with van der Waals surface area (Å²) in [5, 5.41) is 0. The number of Topliss-reactive ketones (excluding diaryl/α,β-unsaturated/α-hetero) is 1. The predicted molar refractivity (Wildman–Crippen MR) is 116 cm³/mol. The summed E-state index contributed by atoms with van der Waals surface area (Å²) in [4.78, 5) is 20.0. The van der Waals surface area contributed by atoms with Crippen molar-refractivity contribution in [1.82, 2.24) is 9.97 Å². The van der Waals surface area contributed by atoms with E-state index in [4.69, 9.17) is 9.47 Å². The zero-order chi connectivity index (χ0) is 21.8. The van der Waals surface area contributed by atoms with Gasteiger partial charge in [0.1, 0.15) is 11.6 Å². The number of hydrogen-bond acceptors (Lipinski definition) is 5. The third kappa shape index (κ3) is 5.60. The van der Waals surface area contributed by atoms with E-state index >= 15 is 0 Å². The van der Waals surface area contributed by atoms with Gasteiger partial charge in [0.15, 0.2) is 0 Å². The van der Waals surface area contributed by atoms with Gasteiger partial charge in [-0.25, -0.2) is 14.4 Å². The molecule has 0 radical (unpaired) electrons. The molecular weight excluding hydrogens is 395 g/mol. The Kier molecular flexibility index (Phi) is 6.83. The summed E-state index contributed by atoms with van der Waals surface area (Å²) in [6, 6.07) is 5.75. The highest BCUT2D eigenvalue weighted by Gasteiger charge is 2.33. The highest BCUT2D eigenvalue weighted by atomic mass is 19.1. The van der Waals surface area contributed by atoms with Gasteiger partial charge >= 0.3 is 0 Å². The third-order valence-electron chi connectivity index (χ3n) is 6.71. The highest BCUT2D eigenvalue weighted by Crippen LogP contribution is 2.45. The molecule has 2 heterocycles. The minimum atomic E-state index is -0.253. The number of carbonyl (C=O) groups is 1. The number of methoxy groups -OCH3 is 1. The Bertz CT molecular complexity index is 907. The lowest BCUT2D eigenvalue weighted by molar-refractivity contribution is -0.117. The molecule has 2 aliphatic rings. The zero-order valence-electron chi connectivity index (χ0n) is 18.4. The van der Waals surface area contributed by atoms with Gasteiger partial charge in [-0.1, -0.05) is 0 Å². The van der Waals surface area contributed by atoms with Gasteiger partial charge in [-0.05, 0) is 86.3 Å². The Morgan fingerprint density at radius 2 is 1.90 bits per heavy atom. The number of carbonyl (C=O) groups excluding carboxylic acids is 1. The quantitative estimate of drug-likeness (QED) is 0.534. The first-order chi connectivity index (χ1) is 15.0. The fraction of sp³-hybridized carbons (Fsp3) is 0.560. The molecule has 2 aromatic heterocycles. The molecule has 0 amide bonds. The molecule has 2 saturated carbocycles. The number of pyridine rings is 2. The Hall–Kier alpha value is -2.50. The maximum atomic E-state index is 14.2. The minimum Gasteiger partial charge on any atom is -0.481 e. The smallest absolute Gasteiger partial charge is 0.213 e. The van der Waals surface area contributed by atoms with Gasteiger partial charge in [0.25, 0.3) is 0 Å². The van der Waals surface area contributed by atoms with Gasteiger partial charge in [0.05, 0.1) is 19.9 Å². The molecule has 0 bridgehead atoms. The molecule has 0 N–H and O–H groups in total. The Balaban J connectivity index is 1.31. The van der Waals surface area contributed by atoms with Crippen molar-refractivity contribution in [1.29, 1.82) is 0 Å². The molecule has 166 valence electrons. The Morgan fingerprint density at radius 3 is 2.58 bits per heavy atom. The monoisotopic (exact) mass is 426 g/mol. The molecule has 4 rings (SSSR count). The van der Waals surface area contributed by atoms with Crippen LogP contribution in [0.15, 0.2) is 30.6 Å². The number of hydrogen-bond donors (Lipinski definition) is 0. The second kappa shape index (κ2) is 9.75. The first-order valence-corrected chi connectivity index (χ1v) is 11.3. The zero-order valence-corrected chi connectivity index (χ0v) is 18.4. The van der Waals surface area contributed by atoms with Crippen LogP contribution in [-0.2, 0) is 4.79 Å². The molecule has 1 atom stereocenters. The first-order valence-electron chi connectivity index (χ1n) is 11.3. The largest absolute Gasteiger partial charge is 0.481 e. The number of rotatable bonds is 9. The van der Waals surface area contributed by atoms with E-state index in [2.05, 4.69) is 9.97 Å². The van der Waals surface area contributed by atoms with Crippen molar-refractivity contribution in [2.24, 2.45) is 11.8 Å². The van der Waals surface area contributed by atoms with Crippen molar-refractivity contribution in [3.63, 3.8) is 0 Å². The van der Waals surface area contributed by atoms with Crippen molar-refractivity contribution in [2.45, 2.75) is 63.7 Å². The lowest BCUT2D eigenvalue weighted by Crippen LogP contribution is -2.20. The second-order valence-corrected chi connectivity index (χ2v) is 9.05. The molecule has 6 heteroatoms. The number of halogens is 1. The molecule has 2 aliphatic carbocycles. The van der Waals surface area contributed by atoms with Crippen LogP contribution < -0.4 is 9.47 Å². The maximum absolute atomic E-state index is 14.2. The van der Waals surface area contributed by atoms with Gasteiger partial charge in [-0.2, -0.15) is 0 Å². The van der Waals surface area contributed by atoms with Gasteiger partial charge in [0.2, 0.25) is 11.8 Å². The van der Waals surface area contributed by atoms with E-state index in [-0.39, 0.29) is 23.4 Å². The Labute approximate surface area is 183 Å². The van der Waals surface area contributed by atoms with Crippen molar-refractivity contribution in [2.75, 3.05) is 13.7 Å².